The molecule has 0 bridgehead atoms. The number of carbonyl (C=O) groups excluding carboxylic acids is 1. The molecule has 1 aromatic carbocycles. The fraction of sp³-hybridized carbons (Fsp3) is 0.267. The van der Waals surface area contributed by atoms with Crippen LogP contribution in [-0.4, -0.2) is 28.2 Å². The van der Waals surface area contributed by atoms with Gasteiger partial charge in [-0.1, -0.05) is 23.9 Å². The van der Waals surface area contributed by atoms with E-state index in [1.165, 1.54) is 0 Å². The number of nitrogens with one attached hydrogen (secondary N) is 1. The highest BCUT2D eigenvalue weighted by Gasteiger charge is 2.32. The van der Waals surface area contributed by atoms with Crippen LogP contribution in [0, 0.1) is 0 Å². The lowest BCUT2D eigenvalue weighted by Gasteiger charge is -2.11. The normalized spacial score (nSPS) is 11.2. The number of carbonyl (C=O) groups is 1. The number of ether oxygens (including phenoxy) is 1. The van der Waals surface area contributed by atoms with Crippen LogP contribution in [0.2, 0.25) is 0 Å². The second-order valence-electron chi connectivity index (χ2n) is 4.49. The van der Waals surface area contributed by atoms with Crippen molar-refractivity contribution in [2.45, 2.75) is 18.3 Å². The van der Waals surface area contributed by atoms with Crippen LogP contribution in [0.3, 0.4) is 0 Å². The van der Waals surface area contributed by atoms with E-state index in [0.717, 1.165) is 24.0 Å². The molecule has 1 aromatic heterocycles. The number of rotatable bonds is 6. The summed E-state index contributed by atoms with van der Waals surface area (Å²) >= 11 is 0.822. The van der Waals surface area contributed by atoms with E-state index in [-0.39, 0.29) is 10.9 Å². The van der Waals surface area contributed by atoms with Crippen molar-refractivity contribution in [3.05, 3.63) is 42.2 Å². The predicted molar refractivity (Wildman–Crippen MR) is 84.0 cm³/mol. The van der Waals surface area contributed by atoms with Crippen molar-refractivity contribution >= 4 is 23.4 Å². The Hall–Kier alpha value is -2.29. The Bertz CT molecular complexity index is 710. The van der Waals surface area contributed by atoms with Crippen molar-refractivity contribution in [3.63, 3.8) is 0 Å². The Morgan fingerprint density at radius 2 is 2.04 bits per heavy atom. The van der Waals surface area contributed by atoms with Gasteiger partial charge in [-0.25, -0.2) is 9.97 Å². The minimum absolute atomic E-state index is 0.113. The van der Waals surface area contributed by atoms with Gasteiger partial charge in [0.05, 0.1) is 18.0 Å². The number of alkyl halides is 3. The highest BCUT2D eigenvalue weighted by Crippen LogP contribution is 2.28. The molecule has 0 fully saturated rings. The molecule has 24 heavy (non-hydrogen) atoms. The van der Waals surface area contributed by atoms with Crippen molar-refractivity contribution in [2.75, 3.05) is 17.7 Å². The number of aromatic nitrogens is 2. The summed E-state index contributed by atoms with van der Waals surface area (Å²) in [4.78, 5) is 19.1. The van der Waals surface area contributed by atoms with Gasteiger partial charge in [0.15, 0.2) is 5.16 Å². The largest absolute Gasteiger partial charge is 0.492 e. The third kappa shape index (κ3) is 5.12. The highest BCUT2D eigenvalue weighted by molar-refractivity contribution is 7.99. The van der Waals surface area contributed by atoms with E-state index in [1.54, 1.807) is 24.3 Å². The molecule has 2 rings (SSSR count). The predicted octanol–water partition coefficient (Wildman–Crippen LogP) is 3.62. The molecule has 5 nitrogen and oxygen atoms in total. The lowest BCUT2D eigenvalue weighted by atomic mass is 10.3. The standard InChI is InChI=1S/C15H14F3N3O2S/c1-2-23-11-6-4-3-5-10(11)20-13(22)9-24-14-19-8-7-12(21-14)15(16,17)18/h3-8H,2,9H2,1H3,(H,20,22). The molecule has 2 aromatic rings. The molecule has 128 valence electrons. The minimum Gasteiger partial charge on any atom is -0.492 e. The average Bonchev–Trinajstić information content (AvgIpc) is 2.54. The van der Waals surface area contributed by atoms with Gasteiger partial charge in [-0.3, -0.25) is 4.79 Å². The molecule has 0 saturated carbocycles. The summed E-state index contributed by atoms with van der Waals surface area (Å²) < 4.78 is 43.1. The lowest BCUT2D eigenvalue weighted by Crippen LogP contribution is -2.15. The van der Waals surface area contributed by atoms with Gasteiger partial charge >= 0.3 is 6.18 Å². The van der Waals surface area contributed by atoms with Gasteiger partial charge in [-0.2, -0.15) is 13.2 Å². The number of halogens is 3. The molecular formula is C15H14F3N3O2S. The number of amides is 1. The number of nitrogens with zero attached hydrogens (tertiary/aromatic N) is 2. The zero-order valence-corrected chi connectivity index (χ0v) is 13.4. The van der Waals surface area contributed by atoms with Gasteiger partial charge in [0.25, 0.3) is 0 Å². The summed E-state index contributed by atoms with van der Waals surface area (Å²) in [5.74, 6) is 0.00345. The first-order valence-electron chi connectivity index (χ1n) is 6.95. The smallest absolute Gasteiger partial charge is 0.433 e. The second kappa shape index (κ2) is 8.00. The van der Waals surface area contributed by atoms with Gasteiger partial charge in [-0.15, -0.1) is 0 Å². The maximum atomic E-state index is 12.6. The molecule has 0 spiro atoms. The quantitative estimate of drug-likeness (QED) is 0.632. The molecule has 1 amide bonds. The first-order chi connectivity index (χ1) is 11.4. The van der Waals surface area contributed by atoms with E-state index < -0.39 is 17.8 Å². The number of benzene rings is 1. The van der Waals surface area contributed by atoms with Crippen LogP contribution in [0.1, 0.15) is 12.6 Å². The molecule has 1 heterocycles. The van der Waals surface area contributed by atoms with Crippen LogP contribution in [0.5, 0.6) is 5.75 Å². The summed E-state index contributed by atoms with van der Waals surface area (Å²) in [6.07, 6.45) is -3.53. The van der Waals surface area contributed by atoms with Crippen LogP contribution in [0.15, 0.2) is 41.7 Å². The summed E-state index contributed by atoms with van der Waals surface area (Å²) in [5, 5.41) is 2.53. The molecule has 0 aliphatic rings. The summed E-state index contributed by atoms with van der Waals surface area (Å²) in [5.41, 5.74) is -0.544. The Balaban J connectivity index is 1.97. The molecule has 9 heteroatoms. The number of thioether (sulfide) groups is 1. The number of hydrogen-bond donors (Lipinski definition) is 1. The van der Waals surface area contributed by atoms with Gasteiger partial charge in [0.2, 0.25) is 5.91 Å². The maximum absolute atomic E-state index is 12.6. The Morgan fingerprint density at radius 1 is 1.29 bits per heavy atom. The van der Waals surface area contributed by atoms with Crippen molar-refractivity contribution in [2.24, 2.45) is 0 Å². The van der Waals surface area contributed by atoms with E-state index in [4.69, 9.17) is 4.74 Å². The molecule has 0 unspecified atom stereocenters. The Labute approximate surface area is 140 Å². The number of anilines is 1. The third-order valence-corrected chi connectivity index (χ3v) is 3.58. The molecule has 0 saturated heterocycles. The van der Waals surface area contributed by atoms with E-state index in [2.05, 4.69) is 15.3 Å². The number of para-hydroxylation sites is 2. The average molecular weight is 357 g/mol. The zero-order valence-electron chi connectivity index (χ0n) is 12.6. The lowest BCUT2D eigenvalue weighted by molar-refractivity contribution is -0.141. The summed E-state index contributed by atoms with van der Waals surface area (Å²) in [7, 11) is 0. The topological polar surface area (TPSA) is 64.1 Å². The highest BCUT2D eigenvalue weighted by atomic mass is 32.2. The van der Waals surface area contributed by atoms with E-state index >= 15 is 0 Å². The molecule has 0 aliphatic heterocycles. The number of hydrogen-bond acceptors (Lipinski definition) is 5. The SMILES string of the molecule is CCOc1ccccc1NC(=O)CSc1nccc(C(F)(F)F)n1. The molecule has 0 atom stereocenters. The molecule has 0 radical (unpaired) electrons. The van der Waals surface area contributed by atoms with E-state index in [0.29, 0.717) is 18.0 Å². The monoisotopic (exact) mass is 357 g/mol. The van der Waals surface area contributed by atoms with Crippen molar-refractivity contribution in [1.29, 1.82) is 0 Å². The third-order valence-electron chi connectivity index (χ3n) is 2.72. The van der Waals surface area contributed by atoms with Crippen LogP contribution >= 0.6 is 11.8 Å². The molecule has 0 aliphatic carbocycles. The Kier molecular flexibility index (Phi) is 6.02. The Morgan fingerprint density at radius 3 is 2.75 bits per heavy atom. The van der Waals surface area contributed by atoms with Gasteiger partial charge in [0, 0.05) is 6.20 Å². The van der Waals surface area contributed by atoms with Crippen molar-refractivity contribution < 1.29 is 22.7 Å². The van der Waals surface area contributed by atoms with Crippen LogP contribution < -0.4 is 10.1 Å². The van der Waals surface area contributed by atoms with Crippen LogP contribution in [0.4, 0.5) is 18.9 Å². The van der Waals surface area contributed by atoms with E-state index in [9.17, 15) is 18.0 Å². The molecule has 1 N–H and O–H groups in total. The first-order valence-corrected chi connectivity index (χ1v) is 7.93. The van der Waals surface area contributed by atoms with Gasteiger partial charge in [-0.05, 0) is 25.1 Å². The zero-order chi connectivity index (χ0) is 17.6. The summed E-state index contributed by atoms with van der Waals surface area (Å²) in [6, 6.07) is 7.67. The van der Waals surface area contributed by atoms with Gasteiger partial charge in [0.1, 0.15) is 11.4 Å². The van der Waals surface area contributed by atoms with Crippen LogP contribution in [-0.2, 0) is 11.0 Å². The van der Waals surface area contributed by atoms with Crippen molar-refractivity contribution in [3.8, 4) is 5.75 Å². The maximum Gasteiger partial charge on any atom is 0.433 e. The second-order valence-corrected chi connectivity index (χ2v) is 5.43. The van der Waals surface area contributed by atoms with Crippen LogP contribution in [0.25, 0.3) is 0 Å². The fourth-order valence-electron chi connectivity index (χ4n) is 1.74. The van der Waals surface area contributed by atoms with Crippen molar-refractivity contribution in [1.82, 2.24) is 9.97 Å². The minimum atomic E-state index is -4.54. The molecular weight excluding hydrogens is 343 g/mol. The summed E-state index contributed by atoms with van der Waals surface area (Å²) in [6.45, 7) is 2.26. The van der Waals surface area contributed by atoms with Gasteiger partial charge < -0.3 is 10.1 Å². The fourth-order valence-corrected chi connectivity index (χ4v) is 2.37. The first kappa shape index (κ1) is 18.1. The van der Waals surface area contributed by atoms with E-state index in [1.807, 2.05) is 6.92 Å².